The Balaban J connectivity index is 3.61. The van der Waals surface area contributed by atoms with Gasteiger partial charge in [-0.05, 0) is 30.9 Å². The standard InChI is InChI=1S/C10H23NO2S/c1-3-10(8-12,9-13)11-6-5-7-14-4-2/h11-13H,3-9H2,1-2H3. The van der Waals surface area contributed by atoms with Gasteiger partial charge in [-0.3, -0.25) is 0 Å². The zero-order valence-electron chi connectivity index (χ0n) is 9.25. The third-order valence-corrected chi connectivity index (χ3v) is 3.44. The fourth-order valence-electron chi connectivity index (χ4n) is 1.18. The van der Waals surface area contributed by atoms with Gasteiger partial charge in [-0.25, -0.2) is 0 Å². The summed E-state index contributed by atoms with van der Waals surface area (Å²) in [5.41, 5.74) is -0.475. The van der Waals surface area contributed by atoms with Crippen LogP contribution in [-0.4, -0.2) is 47.0 Å². The minimum Gasteiger partial charge on any atom is -0.394 e. The number of aliphatic hydroxyl groups excluding tert-OH is 2. The molecule has 0 unspecified atom stereocenters. The van der Waals surface area contributed by atoms with E-state index < -0.39 is 5.54 Å². The Morgan fingerprint density at radius 3 is 2.29 bits per heavy atom. The molecule has 0 atom stereocenters. The van der Waals surface area contributed by atoms with E-state index in [1.807, 2.05) is 18.7 Å². The summed E-state index contributed by atoms with van der Waals surface area (Å²) in [7, 11) is 0. The van der Waals surface area contributed by atoms with Crippen molar-refractivity contribution >= 4 is 11.8 Å². The van der Waals surface area contributed by atoms with Crippen molar-refractivity contribution in [2.24, 2.45) is 0 Å². The first kappa shape index (κ1) is 14.2. The van der Waals surface area contributed by atoms with Crippen LogP contribution in [0.15, 0.2) is 0 Å². The number of nitrogens with one attached hydrogen (secondary N) is 1. The summed E-state index contributed by atoms with van der Waals surface area (Å²) in [4.78, 5) is 0. The molecule has 0 heterocycles. The first-order chi connectivity index (χ1) is 6.74. The van der Waals surface area contributed by atoms with Gasteiger partial charge in [0, 0.05) is 0 Å². The Bertz CT molecular complexity index is 121. The maximum Gasteiger partial charge on any atom is 0.0645 e. The molecule has 0 aliphatic rings. The van der Waals surface area contributed by atoms with Crippen molar-refractivity contribution in [1.82, 2.24) is 5.32 Å². The number of thioether (sulfide) groups is 1. The fourth-order valence-corrected chi connectivity index (χ4v) is 1.82. The van der Waals surface area contributed by atoms with Crippen LogP contribution in [0.3, 0.4) is 0 Å². The first-order valence-corrected chi connectivity index (χ1v) is 6.44. The lowest BCUT2D eigenvalue weighted by atomic mass is 9.98. The van der Waals surface area contributed by atoms with Gasteiger partial charge in [0.1, 0.15) is 0 Å². The van der Waals surface area contributed by atoms with Crippen LogP contribution < -0.4 is 5.32 Å². The Morgan fingerprint density at radius 2 is 1.86 bits per heavy atom. The lowest BCUT2D eigenvalue weighted by molar-refractivity contribution is 0.0881. The third kappa shape index (κ3) is 5.20. The molecule has 0 rings (SSSR count). The largest absolute Gasteiger partial charge is 0.394 e. The summed E-state index contributed by atoms with van der Waals surface area (Å²) < 4.78 is 0. The summed E-state index contributed by atoms with van der Waals surface area (Å²) in [5.74, 6) is 2.29. The van der Waals surface area contributed by atoms with Crippen molar-refractivity contribution in [1.29, 1.82) is 0 Å². The van der Waals surface area contributed by atoms with Gasteiger partial charge in [0.25, 0.3) is 0 Å². The molecule has 0 bridgehead atoms. The zero-order valence-corrected chi connectivity index (χ0v) is 10.1. The van der Waals surface area contributed by atoms with Crippen LogP contribution in [0.1, 0.15) is 26.7 Å². The van der Waals surface area contributed by atoms with Crippen LogP contribution >= 0.6 is 11.8 Å². The van der Waals surface area contributed by atoms with E-state index in [0.29, 0.717) is 0 Å². The van der Waals surface area contributed by atoms with E-state index in [1.165, 1.54) is 0 Å². The Kier molecular flexibility index (Phi) is 8.67. The second-order valence-corrected chi connectivity index (χ2v) is 4.82. The van der Waals surface area contributed by atoms with E-state index in [-0.39, 0.29) is 13.2 Å². The second-order valence-electron chi connectivity index (χ2n) is 3.43. The van der Waals surface area contributed by atoms with Crippen molar-refractivity contribution in [3.05, 3.63) is 0 Å². The van der Waals surface area contributed by atoms with Crippen LogP contribution in [0, 0.1) is 0 Å². The van der Waals surface area contributed by atoms with Crippen molar-refractivity contribution in [3.8, 4) is 0 Å². The van der Waals surface area contributed by atoms with Gasteiger partial charge in [-0.2, -0.15) is 11.8 Å². The molecule has 0 aliphatic carbocycles. The Morgan fingerprint density at radius 1 is 1.21 bits per heavy atom. The number of hydrogen-bond acceptors (Lipinski definition) is 4. The monoisotopic (exact) mass is 221 g/mol. The molecule has 0 amide bonds. The lowest BCUT2D eigenvalue weighted by Gasteiger charge is -2.29. The summed E-state index contributed by atoms with van der Waals surface area (Å²) in [5, 5.41) is 21.5. The molecule has 0 aromatic rings. The van der Waals surface area contributed by atoms with E-state index >= 15 is 0 Å². The van der Waals surface area contributed by atoms with Crippen molar-refractivity contribution in [2.45, 2.75) is 32.2 Å². The van der Waals surface area contributed by atoms with Gasteiger partial charge in [-0.1, -0.05) is 13.8 Å². The lowest BCUT2D eigenvalue weighted by Crippen LogP contribution is -2.51. The van der Waals surface area contributed by atoms with Crippen LogP contribution in [0.25, 0.3) is 0 Å². The number of aliphatic hydroxyl groups is 2. The average molecular weight is 221 g/mol. The summed E-state index contributed by atoms with van der Waals surface area (Å²) in [6.45, 7) is 4.99. The van der Waals surface area contributed by atoms with Gasteiger partial charge < -0.3 is 15.5 Å². The molecule has 14 heavy (non-hydrogen) atoms. The molecule has 4 heteroatoms. The maximum absolute atomic E-state index is 9.15. The van der Waals surface area contributed by atoms with Crippen molar-refractivity contribution in [3.63, 3.8) is 0 Å². The molecule has 0 saturated heterocycles. The molecular weight excluding hydrogens is 198 g/mol. The van der Waals surface area contributed by atoms with Crippen molar-refractivity contribution in [2.75, 3.05) is 31.3 Å². The summed E-state index contributed by atoms with van der Waals surface area (Å²) >= 11 is 1.92. The van der Waals surface area contributed by atoms with Gasteiger partial charge in [0.15, 0.2) is 0 Å². The van der Waals surface area contributed by atoms with Gasteiger partial charge in [-0.15, -0.1) is 0 Å². The Hall–Kier alpha value is 0.230. The SMILES string of the molecule is CCSCCCNC(CC)(CO)CO. The topological polar surface area (TPSA) is 52.5 Å². The fraction of sp³-hybridized carbons (Fsp3) is 1.00. The average Bonchev–Trinajstić information content (AvgIpc) is 2.24. The molecule has 0 saturated carbocycles. The van der Waals surface area contributed by atoms with E-state index in [1.54, 1.807) is 0 Å². The molecule has 3 N–H and O–H groups in total. The molecule has 3 nitrogen and oxygen atoms in total. The van der Waals surface area contributed by atoms with E-state index in [4.69, 9.17) is 10.2 Å². The highest BCUT2D eigenvalue weighted by Crippen LogP contribution is 2.08. The number of rotatable bonds is 9. The molecular formula is C10H23NO2S. The molecule has 0 radical (unpaired) electrons. The minimum absolute atomic E-state index is 0.000913. The van der Waals surface area contributed by atoms with Gasteiger partial charge in [0.2, 0.25) is 0 Å². The second kappa shape index (κ2) is 8.53. The minimum atomic E-state index is -0.475. The van der Waals surface area contributed by atoms with Crippen molar-refractivity contribution < 1.29 is 10.2 Å². The number of hydrogen-bond donors (Lipinski definition) is 3. The normalized spacial score (nSPS) is 12.0. The highest BCUT2D eigenvalue weighted by Gasteiger charge is 2.24. The third-order valence-electron chi connectivity index (χ3n) is 2.45. The summed E-state index contributed by atoms with van der Waals surface area (Å²) in [6.07, 6.45) is 1.83. The smallest absolute Gasteiger partial charge is 0.0645 e. The predicted octanol–water partition coefficient (Wildman–Crippen LogP) is 0.853. The summed E-state index contributed by atoms with van der Waals surface area (Å²) in [6, 6.07) is 0. The molecule has 0 aliphatic heterocycles. The molecule has 0 fully saturated rings. The van der Waals surface area contributed by atoms with E-state index in [2.05, 4.69) is 12.2 Å². The zero-order chi connectivity index (χ0) is 10.9. The quantitative estimate of drug-likeness (QED) is 0.505. The van der Waals surface area contributed by atoms with Crippen LogP contribution in [-0.2, 0) is 0 Å². The van der Waals surface area contributed by atoms with Crippen LogP contribution in [0.4, 0.5) is 0 Å². The highest BCUT2D eigenvalue weighted by molar-refractivity contribution is 7.99. The molecule has 0 aromatic carbocycles. The van der Waals surface area contributed by atoms with E-state index in [0.717, 1.165) is 30.9 Å². The van der Waals surface area contributed by atoms with Crippen LogP contribution in [0.2, 0.25) is 0 Å². The van der Waals surface area contributed by atoms with Gasteiger partial charge >= 0.3 is 0 Å². The predicted molar refractivity (Wildman–Crippen MR) is 62.8 cm³/mol. The maximum atomic E-state index is 9.15. The molecule has 0 aromatic heterocycles. The van der Waals surface area contributed by atoms with Gasteiger partial charge in [0.05, 0.1) is 18.8 Å². The Labute approximate surface area is 91.3 Å². The molecule has 86 valence electrons. The first-order valence-electron chi connectivity index (χ1n) is 5.29. The van der Waals surface area contributed by atoms with E-state index in [9.17, 15) is 0 Å². The highest BCUT2D eigenvalue weighted by atomic mass is 32.2. The molecule has 0 spiro atoms. The van der Waals surface area contributed by atoms with Crippen LogP contribution in [0.5, 0.6) is 0 Å².